The number of carboxylic acids is 1. The first kappa shape index (κ1) is 23.9. The van der Waals surface area contributed by atoms with Crippen molar-refractivity contribution < 1.29 is 41.0 Å². The second-order valence-electron chi connectivity index (χ2n) is 7.90. The van der Waals surface area contributed by atoms with Crippen molar-refractivity contribution in [3.8, 4) is 0 Å². The zero-order valence-corrected chi connectivity index (χ0v) is 17.6. The van der Waals surface area contributed by atoms with Crippen molar-refractivity contribution >= 4 is 16.0 Å². The van der Waals surface area contributed by atoms with Crippen LogP contribution in [0.1, 0.15) is 37.8 Å². The van der Waals surface area contributed by atoms with Crippen molar-refractivity contribution in [1.82, 2.24) is 9.29 Å². The third-order valence-corrected chi connectivity index (χ3v) is 7.95. The van der Waals surface area contributed by atoms with Crippen molar-refractivity contribution in [2.45, 2.75) is 61.8 Å². The molecular weight excluding hydrogens is 441 g/mol. The van der Waals surface area contributed by atoms with E-state index in [1.54, 1.807) is 10.5 Å². The summed E-state index contributed by atoms with van der Waals surface area (Å²) >= 11 is 0. The van der Waals surface area contributed by atoms with E-state index in [9.17, 15) is 21.6 Å². The minimum atomic E-state index is -5.08. The van der Waals surface area contributed by atoms with Crippen LogP contribution < -0.4 is 0 Å². The second-order valence-corrected chi connectivity index (χ2v) is 10.1. The van der Waals surface area contributed by atoms with Crippen LogP contribution in [0.4, 0.5) is 13.2 Å². The maximum Gasteiger partial charge on any atom is 0.490 e. The van der Waals surface area contributed by atoms with E-state index in [2.05, 4.69) is 4.98 Å². The predicted octanol–water partition coefficient (Wildman–Crippen LogP) is 2.35. The summed E-state index contributed by atoms with van der Waals surface area (Å²) < 4.78 is 70.1. The van der Waals surface area contributed by atoms with Crippen LogP contribution in [0, 0.1) is 0 Å². The van der Waals surface area contributed by atoms with Gasteiger partial charge in [0.1, 0.15) is 0 Å². The molecule has 2 saturated heterocycles. The number of aromatic nitrogens is 1. The zero-order valence-electron chi connectivity index (χ0n) is 16.8. The first-order valence-corrected chi connectivity index (χ1v) is 11.5. The van der Waals surface area contributed by atoms with E-state index in [1.165, 1.54) is 0 Å². The molecule has 1 saturated carbocycles. The van der Waals surface area contributed by atoms with Crippen molar-refractivity contribution in [2.24, 2.45) is 0 Å². The number of carbonyl (C=O) groups is 1. The first-order valence-electron chi connectivity index (χ1n) is 9.96. The fraction of sp³-hybridized carbons (Fsp3) is 0.684. The lowest BCUT2D eigenvalue weighted by Crippen LogP contribution is -2.47. The molecule has 8 nitrogen and oxygen atoms in total. The minimum Gasteiger partial charge on any atom is -0.475 e. The van der Waals surface area contributed by atoms with Gasteiger partial charge in [0.25, 0.3) is 0 Å². The van der Waals surface area contributed by atoms with Gasteiger partial charge in [-0.2, -0.15) is 13.2 Å². The van der Waals surface area contributed by atoms with E-state index >= 15 is 0 Å². The van der Waals surface area contributed by atoms with Crippen molar-refractivity contribution in [3.05, 3.63) is 30.1 Å². The molecule has 174 valence electrons. The average Bonchev–Trinajstić information content (AvgIpc) is 3.51. The van der Waals surface area contributed by atoms with Crippen LogP contribution in [0.5, 0.6) is 0 Å². The lowest BCUT2D eigenvalue weighted by atomic mass is 9.89. The highest BCUT2D eigenvalue weighted by Crippen LogP contribution is 2.40. The number of halogens is 3. The molecule has 0 amide bonds. The van der Waals surface area contributed by atoms with Gasteiger partial charge in [-0.3, -0.25) is 4.98 Å². The Morgan fingerprint density at radius 1 is 1.29 bits per heavy atom. The number of ether oxygens (including phenoxy) is 2. The van der Waals surface area contributed by atoms with Crippen LogP contribution in [0.25, 0.3) is 0 Å². The van der Waals surface area contributed by atoms with E-state index < -0.39 is 22.2 Å². The Hall–Kier alpha value is -1.76. The summed E-state index contributed by atoms with van der Waals surface area (Å²) in [4.78, 5) is 13.2. The molecule has 3 heterocycles. The summed E-state index contributed by atoms with van der Waals surface area (Å²) in [6, 6.07) is 5.79. The fourth-order valence-electron chi connectivity index (χ4n) is 3.67. The molecule has 1 aromatic heterocycles. The lowest BCUT2D eigenvalue weighted by molar-refractivity contribution is -0.192. The molecule has 4 rings (SSSR count). The van der Waals surface area contributed by atoms with Gasteiger partial charge in [-0.05, 0) is 37.8 Å². The van der Waals surface area contributed by atoms with E-state index in [0.717, 1.165) is 37.8 Å². The molecule has 0 aromatic carbocycles. The molecule has 0 bridgehead atoms. The quantitative estimate of drug-likeness (QED) is 0.710. The van der Waals surface area contributed by atoms with E-state index in [1.807, 2.05) is 18.2 Å². The summed E-state index contributed by atoms with van der Waals surface area (Å²) in [5.41, 5.74) is 0.716. The minimum absolute atomic E-state index is 0.0681. The molecule has 1 N–H and O–H groups in total. The normalized spacial score (nSPS) is 23.9. The summed E-state index contributed by atoms with van der Waals surface area (Å²) in [5.74, 6) is -2.76. The molecule has 3 fully saturated rings. The van der Waals surface area contributed by atoms with Gasteiger partial charge >= 0.3 is 12.1 Å². The van der Waals surface area contributed by atoms with Crippen LogP contribution in [-0.4, -0.2) is 71.6 Å². The predicted molar refractivity (Wildman–Crippen MR) is 103 cm³/mol. The van der Waals surface area contributed by atoms with Gasteiger partial charge < -0.3 is 14.6 Å². The number of aliphatic carboxylic acids is 1. The topological polar surface area (TPSA) is 106 Å². The molecule has 3 aliphatic rings. The highest BCUT2D eigenvalue weighted by Gasteiger charge is 2.47. The SMILES string of the molecule is O=C(O)C(F)(F)F.O=S(=O)(C1CC1)N1CCC2(CC1)CC(OCc1ccccn1)CO2. The smallest absolute Gasteiger partial charge is 0.475 e. The number of piperidine rings is 1. The molecular formula is C19H25F3N2O6S. The van der Waals surface area contributed by atoms with E-state index in [0.29, 0.717) is 26.3 Å². The molecule has 1 unspecified atom stereocenters. The van der Waals surface area contributed by atoms with Gasteiger partial charge in [0.2, 0.25) is 10.0 Å². The summed E-state index contributed by atoms with van der Waals surface area (Å²) in [6.45, 7) is 2.23. The van der Waals surface area contributed by atoms with Crippen LogP contribution in [-0.2, 0) is 30.9 Å². The van der Waals surface area contributed by atoms with Crippen molar-refractivity contribution in [3.63, 3.8) is 0 Å². The van der Waals surface area contributed by atoms with Crippen molar-refractivity contribution in [2.75, 3.05) is 19.7 Å². The van der Waals surface area contributed by atoms with Crippen LogP contribution >= 0.6 is 0 Å². The largest absolute Gasteiger partial charge is 0.490 e. The summed E-state index contributed by atoms with van der Waals surface area (Å²) in [7, 11) is -3.06. The average molecular weight is 466 g/mol. The van der Waals surface area contributed by atoms with Crippen LogP contribution in [0.2, 0.25) is 0 Å². The molecule has 1 atom stereocenters. The van der Waals surface area contributed by atoms with Gasteiger partial charge in [0.15, 0.2) is 0 Å². The van der Waals surface area contributed by atoms with E-state index in [-0.39, 0.29) is 17.0 Å². The number of carboxylic acid groups (broad SMARTS) is 1. The number of sulfonamides is 1. The van der Waals surface area contributed by atoms with E-state index in [4.69, 9.17) is 19.4 Å². The Labute approximate surface area is 178 Å². The van der Waals surface area contributed by atoms with Crippen LogP contribution in [0.15, 0.2) is 24.4 Å². The van der Waals surface area contributed by atoms with Crippen LogP contribution in [0.3, 0.4) is 0 Å². The summed E-state index contributed by atoms with van der Waals surface area (Å²) in [5, 5.41) is 7.01. The number of nitrogens with zero attached hydrogens (tertiary/aromatic N) is 2. The maximum atomic E-state index is 12.3. The Balaban J connectivity index is 0.000000339. The monoisotopic (exact) mass is 466 g/mol. The molecule has 2 aliphatic heterocycles. The molecule has 31 heavy (non-hydrogen) atoms. The maximum absolute atomic E-state index is 12.3. The lowest BCUT2D eigenvalue weighted by Gasteiger charge is -2.38. The Bertz CT molecular complexity index is 853. The molecule has 1 spiro atoms. The summed E-state index contributed by atoms with van der Waals surface area (Å²) in [6.07, 6.45) is 0.774. The number of hydrogen-bond acceptors (Lipinski definition) is 6. The number of hydrogen-bond donors (Lipinski definition) is 1. The standard InChI is InChI=1S/C17H24N2O4S.C2HF3O2/c20-24(21,16-4-5-16)19-9-6-17(7-10-19)11-15(13-23-17)22-12-14-3-1-2-8-18-14;3-2(4,5)1(6)7/h1-3,8,15-16H,4-7,9-13H2;(H,6,7). The van der Waals surface area contributed by atoms with Gasteiger partial charge in [-0.1, -0.05) is 6.07 Å². The number of pyridine rings is 1. The van der Waals surface area contributed by atoms with Gasteiger partial charge in [0, 0.05) is 25.7 Å². The molecule has 0 radical (unpaired) electrons. The third kappa shape index (κ3) is 6.37. The van der Waals surface area contributed by atoms with Gasteiger partial charge in [-0.15, -0.1) is 0 Å². The number of alkyl halides is 3. The Kier molecular flexibility index (Phi) is 7.24. The highest BCUT2D eigenvalue weighted by molar-refractivity contribution is 7.90. The second kappa shape index (κ2) is 9.39. The molecule has 12 heteroatoms. The molecule has 1 aliphatic carbocycles. The number of rotatable bonds is 5. The Morgan fingerprint density at radius 2 is 1.94 bits per heavy atom. The van der Waals surface area contributed by atoms with Crippen molar-refractivity contribution in [1.29, 1.82) is 0 Å². The first-order chi connectivity index (χ1) is 14.5. The highest BCUT2D eigenvalue weighted by atomic mass is 32.2. The van der Waals surface area contributed by atoms with Gasteiger partial charge in [-0.25, -0.2) is 17.5 Å². The zero-order chi connectivity index (χ0) is 22.7. The third-order valence-electron chi connectivity index (χ3n) is 5.55. The van der Waals surface area contributed by atoms with Gasteiger partial charge in [0.05, 0.1) is 35.9 Å². The molecule has 1 aromatic rings. The Morgan fingerprint density at radius 3 is 2.45 bits per heavy atom. The fourth-order valence-corrected chi connectivity index (χ4v) is 5.51.